The molecule has 160 valence electrons. The van der Waals surface area contributed by atoms with Crippen molar-refractivity contribution in [3.63, 3.8) is 0 Å². The van der Waals surface area contributed by atoms with E-state index in [4.69, 9.17) is 4.74 Å². The third kappa shape index (κ3) is 8.31. The van der Waals surface area contributed by atoms with Crippen molar-refractivity contribution < 1.29 is 4.74 Å². The number of guanidine groups is 1. The Balaban J connectivity index is 0.00000300. The highest BCUT2D eigenvalue weighted by molar-refractivity contribution is 14.0. The number of unbranched alkanes of at least 4 members (excludes halogenated alkanes) is 1. The fourth-order valence-electron chi connectivity index (χ4n) is 3.34. The number of hydrogen-bond donors (Lipinski definition) is 2. The molecule has 29 heavy (non-hydrogen) atoms. The van der Waals surface area contributed by atoms with Crippen molar-refractivity contribution in [3.05, 3.63) is 53.9 Å². The number of nitrogens with zero attached hydrogens (tertiary/aromatic N) is 4. The van der Waals surface area contributed by atoms with Crippen LogP contribution < -0.4 is 10.6 Å². The van der Waals surface area contributed by atoms with E-state index in [1.54, 1.807) is 0 Å². The van der Waals surface area contributed by atoms with Gasteiger partial charge in [0.25, 0.3) is 0 Å². The second-order valence-corrected chi connectivity index (χ2v) is 6.99. The molecule has 0 bridgehead atoms. The van der Waals surface area contributed by atoms with Crippen LogP contribution in [-0.2, 0) is 17.8 Å². The number of halogens is 1. The highest BCUT2D eigenvalue weighted by Gasteiger charge is 2.09. The summed E-state index contributed by atoms with van der Waals surface area (Å²) in [5.74, 6) is 0.847. The van der Waals surface area contributed by atoms with Gasteiger partial charge < -0.3 is 15.4 Å². The molecule has 0 radical (unpaired) electrons. The maximum atomic E-state index is 5.39. The van der Waals surface area contributed by atoms with Crippen LogP contribution in [0.4, 0.5) is 0 Å². The molecule has 1 aromatic carbocycles. The van der Waals surface area contributed by atoms with Gasteiger partial charge in [-0.15, -0.1) is 24.0 Å². The molecule has 2 heterocycles. The van der Waals surface area contributed by atoms with Gasteiger partial charge in [-0.05, 0) is 36.6 Å². The molecule has 0 atom stereocenters. The monoisotopic (exact) mass is 512 g/mol. The molecule has 1 saturated heterocycles. The van der Waals surface area contributed by atoms with Crippen molar-refractivity contribution in [2.45, 2.75) is 25.9 Å². The van der Waals surface area contributed by atoms with Crippen molar-refractivity contribution in [2.75, 3.05) is 46.4 Å². The van der Waals surface area contributed by atoms with Crippen LogP contribution in [0, 0.1) is 0 Å². The number of aromatic nitrogens is 2. The summed E-state index contributed by atoms with van der Waals surface area (Å²) in [6.45, 7) is 7.47. The number of ether oxygens (including phenoxy) is 1. The van der Waals surface area contributed by atoms with Gasteiger partial charge in [0.15, 0.2) is 5.96 Å². The van der Waals surface area contributed by atoms with Gasteiger partial charge in [-0.2, -0.15) is 5.10 Å². The summed E-state index contributed by atoms with van der Waals surface area (Å²) in [5, 5.41) is 11.2. The average Bonchev–Trinajstić information content (AvgIpc) is 3.25. The molecule has 1 aliphatic heterocycles. The summed E-state index contributed by atoms with van der Waals surface area (Å²) < 4.78 is 7.34. The third-order valence-electron chi connectivity index (χ3n) is 4.98. The topological polar surface area (TPSA) is 66.7 Å². The minimum absolute atomic E-state index is 0. The molecule has 1 aromatic heterocycles. The van der Waals surface area contributed by atoms with E-state index in [1.165, 1.54) is 17.5 Å². The van der Waals surface area contributed by atoms with Crippen LogP contribution in [0.2, 0.25) is 0 Å². The van der Waals surface area contributed by atoms with Crippen molar-refractivity contribution in [3.8, 4) is 0 Å². The molecule has 0 unspecified atom stereocenters. The predicted molar refractivity (Wildman–Crippen MR) is 128 cm³/mol. The maximum Gasteiger partial charge on any atom is 0.191 e. The van der Waals surface area contributed by atoms with E-state index >= 15 is 0 Å². The lowest BCUT2D eigenvalue weighted by Crippen LogP contribution is -2.38. The van der Waals surface area contributed by atoms with Crippen LogP contribution in [0.15, 0.2) is 47.7 Å². The summed E-state index contributed by atoms with van der Waals surface area (Å²) in [7, 11) is 1.82. The van der Waals surface area contributed by atoms with E-state index in [1.807, 2.05) is 30.2 Å². The van der Waals surface area contributed by atoms with Crippen LogP contribution in [0.25, 0.3) is 0 Å². The quantitative estimate of drug-likeness (QED) is 0.234. The van der Waals surface area contributed by atoms with Crippen molar-refractivity contribution in [1.29, 1.82) is 0 Å². The normalized spacial score (nSPS) is 15.0. The Hall–Kier alpha value is -1.65. The Labute approximate surface area is 190 Å². The van der Waals surface area contributed by atoms with Gasteiger partial charge in [-0.3, -0.25) is 14.6 Å². The Morgan fingerprint density at radius 2 is 1.90 bits per heavy atom. The molecular weight excluding hydrogens is 479 g/mol. The van der Waals surface area contributed by atoms with Gasteiger partial charge in [0.2, 0.25) is 0 Å². The highest BCUT2D eigenvalue weighted by Crippen LogP contribution is 2.10. The molecule has 7 nitrogen and oxygen atoms in total. The predicted octanol–water partition coefficient (Wildman–Crippen LogP) is 2.33. The first-order valence-electron chi connectivity index (χ1n) is 10.1. The van der Waals surface area contributed by atoms with Crippen LogP contribution in [0.3, 0.4) is 0 Å². The van der Waals surface area contributed by atoms with Crippen molar-refractivity contribution >= 4 is 29.9 Å². The number of aliphatic imine (C=N–C) groups is 1. The number of hydrogen-bond acceptors (Lipinski definition) is 4. The Morgan fingerprint density at radius 1 is 1.10 bits per heavy atom. The molecular formula is C21H33IN6O. The van der Waals surface area contributed by atoms with Gasteiger partial charge >= 0.3 is 0 Å². The van der Waals surface area contributed by atoms with E-state index < -0.39 is 0 Å². The first kappa shape index (κ1) is 23.6. The van der Waals surface area contributed by atoms with Crippen molar-refractivity contribution in [1.82, 2.24) is 25.3 Å². The Morgan fingerprint density at radius 3 is 2.62 bits per heavy atom. The van der Waals surface area contributed by atoms with Gasteiger partial charge in [0, 0.05) is 45.6 Å². The standard InChI is InChI=1S/C21H32N6O.HI/c1-22-21(23-9-4-5-11-26-13-15-28-16-14-26)24-17-19-7-2-3-8-20(19)18-27-12-6-10-25-27;/h2-3,6-8,10,12H,4-5,9,11,13-18H2,1H3,(H2,22,23,24);1H. The van der Waals surface area contributed by atoms with Crippen LogP contribution in [0.5, 0.6) is 0 Å². The number of morpholine rings is 1. The Kier molecular flexibility index (Phi) is 11.0. The van der Waals surface area contributed by atoms with Gasteiger partial charge in [-0.1, -0.05) is 24.3 Å². The summed E-state index contributed by atoms with van der Waals surface area (Å²) >= 11 is 0. The zero-order valence-electron chi connectivity index (χ0n) is 17.2. The number of nitrogens with one attached hydrogen (secondary N) is 2. The van der Waals surface area contributed by atoms with Crippen LogP contribution in [0.1, 0.15) is 24.0 Å². The molecule has 2 N–H and O–H groups in total. The minimum Gasteiger partial charge on any atom is -0.379 e. The summed E-state index contributed by atoms with van der Waals surface area (Å²) in [6, 6.07) is 10.4. The third-order valence-corrected chi connectivity index (χ3v) is 4.98. The smallest absolute Gasteiger partial charge is 0.191 e. The SMILES string of the molecule is CN=C(NCCCCN1CCOCC1)NCc1ccccc1Cn1cccn1.I. The first-order valence-corrected chi connectivity index (χ1v) is 10.1. The molecule has 8 heteroatoms. The Bertz CT molecular complexity index is 716. The summed E-state index contributed by atoms with van der Waals surface area (Å²) in [6.07, 6.45) is 6.12. The van der Waals surface area contributed by atoms with E-state index in [-0.39, 0.29) is 24.0 Å². The number of rotatable bonds is 9. The largest absolute Gasteiger partial charge is 0.379 e. The van der Waals surface area contributed by atoms with Gasteiger partial charge in [0.1, 0.15) is 0 Å². The summed E-state index contributed by atoms with van der Waals surface area (Å²) in [5.41, 5.74) is 2.52. The molecule has 3 rings (SSSR count). The van der Waals surface area contributed by atoms with Gasteiger partial charge in [-0.25, -0.2) is 0 Å². The molecule has 1 aliphatic rings. The van der Waals surface area contributed by atoms with E-state index in [2.05, 4.69) is 49.9 Å². The molecule has 1 fully saturated rings. The van der Waals surface area contributed by atoms with E-state index in [9.17, 15) is 0 Å². The maximum absolute atomic E-state index is 5.39. The first-order chi connectivity index (χ1) is 13.8. The summed E-state index contributed by atoms with van der Waals surface area (Å²) in [4.78, 5) is 6.83. The molecule has 0 saturated carbocycles. The van der Waals surface area contributed by atoms with Crippen LogP contribution >= 0.6 is 24.0 Å². The molecule has 0 amide bonds. The highest BCUT2D eigenvalue weighted by atomic mass is 127. The van der Waals surface area contributed by atoms with Crippen LogP contribution in [-0.4, -0.2) is 67.1 Å². The van der Waals surface area contributed by atoms with E-state index in [0.29, 0.717) is 0 Å². The van der Waals surface area contributed by atoms with Gasteiger partial charge in [0.05, 0.1) is 19.8 Å². The number of benzene rings is 1. The lowest BCUT2D eigenvalue weighted by molar-refractivity contribution is 0.0372. The average molecular weight is 512 g/mol. The van der Waals surface area contributed by atoms with E-state index in [0.717, 1.165) is 64.9 Å². The molecule has 0 spiro atoms. The lowest BCUT2D eigenvalue weighted by Gasteiger charge is -2.26. The minimum atomic E-state index is 0. The lowest BCUT2D eigenvalue weighted by atomic mass is 10.1. The fourth-order valence-corrected chi connectivity index (χ4v) is 3.34. The molecule has 0 aliphatic carbocycles. The molecule has 2 aromatic rings. The zero-order valence-corrected chi connectivity index (χ0v) is 19.5. The fraction of sp³-hybridized carbons (Fsp3) is 0.524. The second-order valence-electron chi connectivity index (χ2n) is 6.99. The van der Waals surface area contributed by atoms with Crippen molar-refractivity contribution in [2.24, 2.45) is 4.99 Å². The zero-order chi connectivity index (χ0) is 19.4. The second kappa shape index (κ2) is 13.6.